The van der Waals surface area contributed by atoms with E-state index in [1.165, 1.54) is 0 Å². The second kappa shape index (κ2) is 4.97. The number of hydrogen-bond donors (Lipinski definition) is 1. The smallest absolute Gasteiger partial charge is 0.270 e. The van der Waals surface area contributed by atoms with Gasteiger partial charge in [0.25, 0.3) is 5.91 Å². The average Bonchev–Trinajstić information content (AvgIpc) is 2.38. The summed E-state index contributed by atoms with van der Waals surface area (Å²) < 4.78 is 0. The molecule has 0 saturated heterocycles. The summed E-state index contributed by atoms with van der Waals surface area (Å²) in [5.74, 6) is 0.347. The second-order valence-electron chi connectivity index (χ2n) is 3.06. The first-order valence-electron chi connectivity index (χ1n) is 4.81. The van der Waals surface area contributed by atoms with Crippen molar-refractivity contribution in [3.05, 3.63) is 54.4 Å². The van der Waals surface area contributed by atoms with Gasteiger partial charge in [-0.3, -0.25) is 9.78 Å². The van der Waals surface area contributed by atoms with Gasteiger partial charge in [0.05, 0.1) is 6.54 Å². The van der Waals surface area contributed by atoms with Crippen molar-refractivity contribution in [2.24, 2.45) is 0 Å². The van der Waals surface area contributed by atoms with Gasteiger partial charge in [-0.25, -0.2) is 9.97 Å². The summed E-state index contributed by atoms with van der Waals surface area (Å²) in [6, 6.07) is 6.91. The Hall–Kier alpha value is -2.30. The monoisotopic (exact) mass is 214 g/mol. The second-order valence-corrected chi connectivity index (χ2v) is 3.06. The Kier molecular flexibility index (Phi) is 3.18. The molecule has 0 fully saturated rings. The molecule has 16 heavy (non-hydrogen) atoms. The number of pyridine rings is 1. The molecule has 0 spiro atoms. The van der Waals surface area contributed by atoms with E-state index in [-0.39, 0.29) is 5.91 Å². The van der Waals surface area contributed by atoms with Gasteiger partial charge < -0.3 is 5.32 Å². The Morgan fingerprint density at radius 1 is 1.06 bits per heavy atom. The average molecular weight is 214 g/mol. The molecule has 0 aromatic carbocycles. The number of carbonyl (C=O) groups excluding carboxylic acids is 1. The maximum atomic E-state index is 11.6. The lowest BCUT2D eigenvalue weighted by Gasteiger charge is -2.02. The quantitative estimate of drug-likeness (QED) is 0.820. The van der Waals surface area contributed by atoms with Crippen LogP contribution in [0.2, 0.25) is 0 Å². The predicted octanol–water partition coefficient (Wildman–Crippen LogP) is 0.802. The fraction of sp³-hybridized carbons (Fsp3) is 0.0909. The fourth-order valence-corrected chi connectivity index (χ4v) is 1.17. The molecule has 5 nitrogen and oxygen atoms in total. The first-order chi connectivity index (χ1) is 7.86. The van der Waals surface area contributed by atoms with Crippen molar-refractivity contribution in [1.29, 1.82) is 0 Å². The summed E-state index contributed by atoms with van der Waals surface area (Å²) in [7, 11) is 0. The lowest BCUT2D eigenvalue weighted by Crippen LogP contribution is -2.24. The molecule has 80 valence electrons. The first kappa shape index (κ1) is 10.2. The number of rotatable bonds is 3. The van der Waals surface area contributed by atoms with Crippen LogP contribution >= 0.6 is 0 Å². The number of nitrogens with one attached hydrogen (secondary N) is 1. The van der Waals surface area contributed by atoms with Crippen LogP contribution in [0.5, 0.6) is 0 Å². The number of amides is 1. The van der Waals surface area contributed by atoms with E-state index in [1.807, 2.05) is 0 Å². The lowest BCUT2D eigenvalue weighted by molar-refractivity contribution is 0.0945. The summed E-state index contributed by atoms with van der Waals surface area (Å²) in [6.45, 7) is 0.302. The number of carbonyl (C=O) groups is 1. The fourth-order valence-electron chi connectivity index (χ4n) is 1.17. The number of nitrogens with zero attached hydrogens (tertiary/aromatic N) is 3. The third-order valence-corrected chi connectivity index (χ3v) is 1.92. The number of aromatic nitrogens is 3. The normalized spacial score (nSPS) is 9.75. The van der Waals surface area contributed by atoms with Gasteiger partial charge in [0, 0.05) is 18.6 Å². The van der Waals surface area contributed by atoms with Crippen molar-refractivity contribution in [2.75, 3.05) is 0 Å². The van der Waals surface area contributed by atoms with Crippen molar-refractivity contribution >= 4 is 5.91 Å². The molecular weight excluding hydrogens is 204 g/mol. The molecule has 0 unspecified atom stereocenters. The molecule has 0 saturated carbocycles. The zero-order chi connectivity index (χ0) is 11.2. The Labute approximate surface area is 92.6 Å². The largest absolute Gasteiger partial charge is 0.343 e. The van der Waals surface area contributed by atoms with Crippen molar-refractivity contribution in [1.82, 2.24) is 20.3 Å². The van der Waals surface area contributed by atoms with Gasteiger partial charge in [-0.2, -0.15) is 0 Å². The summed E-state index contributed by atoms with van der Waals surface area (Å²) >= 11 is 0. The highest BCUT2D eigenvalue weighted by atomic mass is 16.1. The summed E-state index contributed by atoms with van der Waals surface area (Å²) in [6.07, 6.45) is 4.85. The van der Waals surface area contributed by atoms with E-state index in [9.17, 15) is 4.79 Å². The van der Waals surface area contributed by atoms with Crippen LogP contribution in [-0.4, -0.2) is 20.9 Å². The standard InChI is InChI=1S/C11H10N4O/c16-11(9-4-1-2-5-12-9)15-8-10-13-6-3-7-14-10/h1-7H,8H2,(H,15,16). The lowest BCUT2D eigenvalue weighted by atomic mass is 10.3. The van der Waals surface area contributed by atoms with Crippen LogP contribution in [0.1, 0.15) is 16.3 Å². The first-order valence-corrected chi connectivity index (χ1v) is 4.81. The van der Waals surface area contributed by atoms with Gasteiger partial charge in [0.1, 0.15) is 11.5 Å². The molecule has 5 heteroatoms. The molecule has 0 aliphatic carbocycles. The minimum atomic E-state index is -0.229. The van der Waals surface area contributed by atoms with E-state index in [2.05, 4.69) is 20.3 Å². The van der Waals surface area contributed by atoms with Crippen molar-refractivity contribution in [2.45, 2.75) is 6.54 Å². The minimum Gasteiger partial charge on any atom is -0.343 e. The molecule has 0 bridgehead atoms. The highest BCUT2D eigenvalue weighted by Gasteiger charge is 2.05. The Morgan fingerprint density at radius 3 is 2.50 bits per heavy atom. The maximum absolute atomic E-state index is 11.6. The number of hydrogen-bond acceptors (Lipinski definition) is 4. The Morgan fingerprint density at radius 2 is 1.81 bits per heavy atom. The molecule has 1 amide bonds. The van der Waals surface area contributed by atoms with Crippen molar-refractivity contribution in [3.8, 4) is 0 Å². The van der Waals surface area contributed by atoms with Gasteiger partial charge in [0.2, 0.25) is 0 Å². The highest BCUT2D eigenvalue weighted by molar-refractivity contribution is 5.92. The summed E-state index contributed by atoms with van der Waals surface area (Å²) in [4.78, 5) is 23.5. The van der Waals surface area contributed by atoms with Gasteiger partial charge in [-0.05, 0) is 18.2 Å². The molecule has 2 heterocycles. The minimum absolute atomic E-state index is 0.229. The maximum Gasteiger partial charge on any atom is 0.270 e. The third kappa shape index (κ3) is 2.60. The SMILES string of the molecule is O=C(NCc1ncccn1)c1ccccn1. The van der Waals surface area contributed by atoms with Crippen LogP contribution in [0.4, 0.5) is 0 Å². The molecule has 0 aliphatic rings. The highest BCUT2D eigenvalue weighted by Crippen LogP contribution is 1.94. The summed E-state index contributed by atoms with van der Waals surface area (Å²) in [5.41, 5.74) is 0.387. The third-order valence-electron chi connectivity index (χ3n) is 1.92. The van der Waals surface area contributed by atoms with Gasteiger partial charge in [-0.15, -0.1) is 0 Å². The molecule has 1 N–H and O–H groups in total. The van der Waals surface area contributed by atoms with Crippen molar-refractivity contribution < 1.29 is 4.79 Å². The Balaban J connectivity index is 1.95. The van der Waals surface area contributed by atoms with Crippen LogP contribution in [0.15, 0.2) is 42.9 Å². The van der Waals surface area contributed by atoms with Gasteiger partial charge in [0.15, 0.2) is 0 Å². The van der Waals surface area contributed by atoms with Crippen LogP contribution < -0.4 is 5.32 Å². The molecular formula is C11H10N4O. The topological polar surface area (TPSA) is 67.8 Å². The molecule has 2 aromatic rings. The molecule has 0 radical (unpaired) electrons. The molecule has 2 aromatic heterocycles. The summed E-state index contributed by atoms with van der Waals surface area (Å²) in [5, 5.41) is 2.69. The van der Waals surface area contributed by atoms with E-state index >= 15 is 0 Å². The van der Waals surface area contributed by atoms with Gasteiger partial charge in [-0.1, -0.05) is 6.07 Å². The van der Waals surface area contributed by atoms with Gasteiger partial charge >= 0.3 is 0 Å². The van der Waals surface area contributed by atoms with E-state index < -0.39 is 0 Å². The van der Waals surface area contributed by atoms with Crippen LogP contribution in [0.3, 0.4) is 0 Å². The zero-order valence-electron chi connectivity index (χ0n) is 8.50. The molecule has 0 atom stereocenters. The van der Waals surface area contributed by atoms with E-state index in [0.717, 1.165) is 0 Å². The molecule has 0 aliphatic heterocycles. The Bertz CT molecular complexity index is 458. The van der Waals surface area contributed by atoms with Crippen molar-refractivity contribution in [3.63, 3.8) is 0 Å². The van der Waals surface area contributed by atoms with E-state index in [4.69, 9.17) is 0 Å². The van der Waals surface area contributed by atoms with Crippen LogP contribution in [0, 0.1) is 0 Å². The van der Waals surface area contributed by atoms with E-state index in [1.54, 1.807) is 42.9 Å². The zero-order valence-corrected chi connectivity index (χ0v) is 8.50. The predicted molar refractivity (Wildman–Crippen MR) is 57.4 cm³/mol. The van der Waals surface area contributed by atoms with Crippen LogP contribution in [0.25, 0.3) is 0 Å². The van der Waals surface area contributed by atoms with E-state index in [0.29, 0.717) is 18.1 Å². The molecule has 2 rings (SSSR count). The van der Waals surface area contributed by atoms with Crippen LogP contribution in [-0.2, 0) is 6.54 Å².